The maximum atomic E-state index is 12.6. The fourth-order valence-corrected chi connectivity index (χ4v) is 4.52. The number of sulfonamides is 1. The Morgan fingerprint density at radius 3 is 2.54 bits per heavy atom. The van der Waals surface area contributed by atoms with Crippen LogP contribution in [-0.4, -0.2) is 26.4 Å². The number of fused-ring (bicyclic) bond motifs is 1. The fourth-order valence-electron chi connectivity index (χ4n) is 2.25. The number of methoxy groups -OCH3 is 1. The Labute approximate surface area is 162 Å². The van der Waals surface area contributed by atoms with E-state index in [0.717, 1.165) is 4.47 Å². The molecule has 0 radical (unpaired) electrons. The van der Waals surface area contributed by atoms with Crippen LogP contribution < -0.4 is 14.8 Å². The van der Waals surface area contributed by atoms with Gasteiger partial charge in [0, 0.05) is 17.5 Å². The van der Waals surface area contributed by atoms with Crippen molar-refractivity contribution in [3.63, 3.8) is 0 Å². The lowest BCUT2D eigenvalue weighted by molar-refractivity contribution is -0.114. The van der Waals surface area contributed by atoms with Crippen molar-refractivity contribution in [3.05, 3.63) is 40.9 Å². The van der Waals surface area contributed by atoms with Crippen LogP contribution in [0.15, 0.2) is 45.8 Å². The van der Waals surface area contributed by atoms with Crippen LogP contribution in [0.2, 0.25) is 0 Å². The molecule has 1 amide bonds. The zero-order valence-electron chi connectivity index (χ0n) is 13.7. The Morgan fingerprint density at radius 1 is 1.23 bits per heavy atom. The summed E-state index contributed by atoms with van der Waals surface area (Å²) in [5.41, 5.74) is 0.892. The second kappa shape index (κ2) is 7.22. The number of ether oxygens (including phenoxy) is 1. The fraction of sp³-hybridized carbons (Fsp3) is 0.125. The quantitative estimate of drug-likeness (QED) is 0.609. The highest BCUT2D eigenvalue weighted by Gasteiger charge is 2.17. The number of nitrogens with zero attached hydrogens (tertiary/aromatic N) is 1. The molecule has 0 saturated carbocycles. The molecule has 3 rings (SSSR count). The monoisotopic (exact) mass is 455 g/mol. The van der Waals surface area contributed by atoms with E-state index in [-0.39, 0.29) is 10.8 Å². The highest BCUT2D eigenvalue weighted by molar-refractivity contribution is 9.10. The van der Waals surface area contributed by atoms with Crippen LogP contribution in [0.25, 0.3) is 10.2 Å². The van der Waals surface area contributed by atoms with Crippen molar-refractivity contribution in [2.75, 3.05) is 17.1 Å². The first-order valence-corrected chi connectivity index (χ1v) is 10.4. The van der Waals surface area contributed by atoms with E-state index >= 15 is 0 Å². The minimum atomic E-state index is -3.75. The standard InChI is InChI=1S/C16H14BrN3O4S2/c1-9(21)18-16-19-15-13(24-2)7-11(8-14(15)25-16)20-26(22,23)12-5-3-10(17)4-6-12/h3-8,20H,1-2H3,(H,18,19,21). The molecule has 0 spiro atoms. The maximum Gasteiger partial charge on any atom is 0.261 e. The summed E-state index contributed by atoms with van der Waals surface area (Å²) in [6.07, 6.45) is 0. The van der Waals surface area contributed by atoms with Gasteiger partial charge in [-0.05, 0) is 30.3 Å². The first-order valence-electron chi connectivity index (χ1n) is 7.33. The van der Waals surface area contributed by atoms with E-state index in [1.807, 2.05) is 0 Å². The number of anilines is 2. The number of halogens is 1. The predicted molar refractivity (Wildman–Crippen MR) is 105 cm³/mol. The Bertz CT molecular complexity index is 1080. The lowest BCUT2D eigenvalue weighted by Crippen LogP contribution is -2.12. The third-order valence-electron chi connectivity index (χ3n) is 3.34. The molecule has 0 aliphatic heterocycles. The van der Waals surface area contributed by atoms with Gasteiger partial charge in [0.1, 0.15) is 11.3 Å². The molecular formula is C16H14BrN3O4S2. The SMILES string of the molecule is COc1cc(NS(=O)(=O)c2ccc(Br)cc2)cc2sc(NC(C)=O)nc12. The zero-order chi connectivity index (χ0) is 18.9. The summed E-state index contributed by atoms with van der Waals surface area (Å²) in [5, 5.41) is 3.03. The molecule has 2 aromatic carbocycles. The van der Waals surface area contributed by atoms with Crippen LogP contribution >= 0.6 is 27.3 Å². The Balaban J connectivity index is 1.99. The largest absolute Gasteiger partial charge is 0.494 e. The lowest BCUT2D eigenvalue weighted by Gasteiger charge is -2.10. The third-order valence-corrected chi connectivity index (χ3v) is 6.18. The van der Waals surface area contributed by atoms with E-state index in [2.05, 4.69) is 31.0 Å². The molecule has 7 nitrogen and oxygen atoms in total. The van der Waals surface area contributed by atoms with Gasteiger partial charge in [0.2, 0.25) is 5.91 Å². The van der Waals surface area contributed by atoms with Gasteiger partial charge in [-0.15, -0.1) is 0 Å². The molecule has 3 aromatic rings. The minimum Gasteiger partial charge on any atom is -0.494 e. The van der Waals surface area contributed by atoms with E-state index < -0.39 is 10.0 Å². The number of aromatic nitrogens is 1. The van der Waals surface area contributed by atoms with Crippen LogP contribution in [0.3, 0.4) is 0 Å². The molecule has 136 valence electrons. The first-order chi connectivity index (χ1) is 12.3. The molecule has 0 aliphatic carbocycles. The summed E-state index contributed by atoms with van der Waals surface area (Å²) in [7, 11) is -2.28. The third kappa shape index (κ3) is 3.97. The highest BCUT2D eigenvalue weighted by atomic mass is 79.9. The second-order valence-electron chi connectivity index (χ2n) is 5.28. The van der Waals surface area contributed by atoms with Crippen molar-refractivity contribution in [2.45, 2.75) is 11.8 Å². The van der Waals surface area contributed by atoms with Gasteiger partial charge in [0.15, 0.2) is 5.13 Å². The summed E-state index contributed by atoms with van der Waals surface area (Å²) >= 11 is 4.51. The summed E-state index contributed by atoms with van der Waals surface area (Å²) in [6, 6.07) is 9.52. The van der Waals surface area contributed by atoms with E-state index in [9.17, 15) is 13.2 Å². The van der Waals surface area contributed by atoms with Crippen molar-refractivity contribution in [1.82, 2.24) is 4.98 Å². The van der Waals surface area contributed by atoms with E-state index in [0.29, 0.717) is 26.8 Å². The molecular weight excluding hydrogens is 442 g/mol. The lowest BCUT2D eigenvalue weighted by atomic mass is 10.3. The van der Waals surface area contributed by atoms with Crippen LogP contribution in [-0.2, 0) is 14.8 Å². The Kier molecular flexibility index (Phi) is 5.17. The molecule has 0 atom stereocenters. The number of rotatable bonds is 5. The van der Waals surface area contributed by atoms with Gasteiger partial charge in [0.25, 0.3) is 10.0 Å². The highest BCUT2D eigenvalue weighted by Crippen LogP contribution is 2.36. The van der Waals surface area contributed by atoms with Crippen molar-refractivity contribution in [3.8, 4) is 5.75 Å². The number of thiazole rings is 1. The zero-order valence-corrected chi connectivity index (χ0v) is 17.0. The van der Waals surface area contributed by atoms with Crippen molar-refractivity contribution in [1.29, 1.82) is 0 Å². The summed E-state index contributed by atoms with van der Waals surface area (Å²) in [4.78, 5) is 15.7. The molecule has 1 aromatic heterocycles. The van der Waals surface area contributed by atoms with Gasteiger partial charge >= 0.3 is 0 Å². The van der Waals surface area contributed by atoms with Gasteiger partial charge in [-0.1, -0.05) is 27.3 Å². The number of carbonyl (C=O) groups excluding carboxylic acids is 1. The van der Waals surface area contributed by atoms with Crippen LogP contribution in [0, 0.1) is 0 Å². The molecule has 0 fully saturated rings. The van der Waals surface area contributed by atoms with Gasteiger partial charge < -0.3 is 10.1 Å². The molecule has 26 heavy (non-hydrogen) atoms. The van der Waals surface area contributed by atoms with Gasteiger partial charge in [0.05, 0.1) is 22.4 Å². The number of carbonyl (C=O) groups is 1. The minimum absolute atomic E-state index is 0.142. The van der Waals surface area contributed by atoms with Gasteiger partial charge in [-0.2, -0.15) is 0 Å². The smallest absolute Gasteiger partial charge is 0.261 e. The van der Waals surface area contributed by atoms with Gasteiger partial charge in [-0.25, -0.2) is 13.4 Å². The number of amides is 1. The summed E-state index contributed by atoms with van der Waals surface area (Å²) < 4.78 is 34.4. The van der Waals surface area contributed by atoms with E-state index in [4.69, 9.17) is 4.74 Å². The van der Waals surface area contributed by atoms with Crippen molar-refractivity contribution in [2.24, 2.45) is 0 Å². The molecule has 1 heterocycles. The number of nitrogens with one attached hydrogen (secondary N) is 2. The van der Waals surface area contributed by atoms with Crippen LogP contribution in [0.4, 0.5) is 10.8 Å². The molecule has 0 aliphatic rings. The number of hydrogen-bond donors (Lipinski definition) is 2. The van der Waals surface area contributed by atoms with E-state index in [1.165, 1.54) is 37.5 Å². The van der Waals surface area contributed by atoms with Crippen molar-refractivity contribution >= 4 is 64.2 Å². The second-order valence-corrected chi connectivity index (χ2v) is 8.91. The Morgan fingerprint density at radius 2 is 1.92 bits per heavy atom. The van der Waals surface area contributed by atoms with E-state index in [1.54, 1.807) is 24.3 Å². The maximum absolute atomic E-state index is 12.6. The molecule has 0 saturated heterocycles. The van der Waals surface area contributed by atoms with Crippen molar-refractivity contribution < 1.29 is 17.9 Å². The molecule has 10 heteroatoms. The summed E-state index contributed by atoms with van der Waals surface area (Å²) in [5.74, 6) is 0.169. The molecule has 2 N–H and O–H groups in total. The van der Waals surface area contributed by atoms with Gasteiger partial charge in [-0.3, -0.25) is 9.52 Å². The average molecular weight is 456 g/mol. The number of hydrogen-bond acceptors (Lipinski definition) is 6. The topological polar surface area (TPSA) is 97.4 Å². The predicted octanol–water partition coefficient (Wildman–Crippen LogP) is 3.83. The molecule has 0 bridgehead atoms. The molecule has 0 unspecified atom stereocenters. The van der Waals surface area contributed by atoms with Crippen LogP contribution in [0.1, 0.15) is 6.92 Å². The summed E-state index contributed by atoms with van der Waals surface area (Å²) in [6.45, 7) is 1.39. The first kappa shape index (κ1) is 18.6. The average Bonchev–Trinajstić information content (AvgIpc) is 2.95. The number of benzene rings is 2. The van der Waals surface area contributed by atoms with Crippen LogP contribution in [0.5, 0.6) is 5.75 Å². The Hall–Kier alpha value is -2.17. The normalized spacial score (nSPS) is 11.3.